The molecule has 0 unspecified atom stereocenters. The molecule has 0 aliphatic rings. The molecule has 134 valence electrons. The zero-order valence-electron chi connectivity index (χ0n) is 14.7. The standard InChI is InChI=1S/C20H22N4O2/c1-16-4-2-5-19(14-16)26-18-8-6-17(7-9-18)23-20(25)22-10-3-12-24-13-11-21-15-24/h2,4-9,11,13-15H,3,10,12H2,1H3,(H2,22,23,25). The number of aromatic nitrogens is 2. The molecule has 2 amide bonds. The van der Waals surface area contributed by atoms with Crippen LogP contribution in [0.4, 0.5) is 10.5 Å². The van der Waals surface area contributed by atoms with Crippen molar-refractivity contribution in [2.24, 2.45) is 0 Å². The summed E-state index contributed by atoms with van der Waals surface area (Å²) in [5.74, 6) is 1.52. The number of carbonyl (C=O) groups excluding carboxylic acids is 1. The Morgan fingerprint density at radius 1 is 1.15 bits per heavy atom. The van der Waals surface area contributed by atoms with Crippen molar-refractivity contribution in [1.29, 1.82) is 0 Å². The van der Waals surface area contributed by atoms with Gasteiger partial charge in [0, 0.05) is 31.2 Å². The van der Waals surface area contributed by atoms with Gasteiger partial charge in [0.2, 0.25) is 0 Å². The Balaban J connectivity index is 1.42. The highest BCUT2D eigenvalue weighted by atomic mass is 16.5. The van der Waals surface area contributed by atoms with Crippen molar-refractivity contribution in [2.45, 2.75) is 19.9 Å². The molecule has 0 saturated heterocycles. The van der Waals surface area contributed by atoms with Crippen LogP contribution in [0.5, 0.6) is 11.5 Å². The molecule has 0 aliphatic heterocycles. The maximum atomic E-state index is 11.9. The summed E-state index contributed by atoms with van der Waals surface area (Å²) >= 11 is 0. The first-order chi connectivity index (χ1) is 12.7. The maximum absolute atomic E-state index is 11.9. The fourth-order valence-corrected chi connectivity index (χ4v) is 2.48. The molecule has 2 N–H and O–H groups in total. The van der Waals surface area contributed by atoms with Crippen LogP contribution in [-0.4, -0.2) is 22.1 Å². The predicted octanol–water partition coefficient (Wildman–Crippen LogP) is 4.20. The SMILES string of the molecule is Cc1cccc(Oc2ccc(NC(=O)NCCCn3ccnc3)cc2)c1. The van der Waals surface area contributed by atoms with E-state index in [-0.39, 0.29) is 6.03 Å². The molecular weight excluding hydrogens is 328 g/mol. The number of nitrogens with zero attached hydrogens (tertiary/aromatic N) is 2. The monoisotopic (exact) mass is 350 g/mol. The number of imidazole rings is 1. The van der Waals surface area contributed by atoms with Gasteiger partial charge in [-0.2, -0.15) is 0 Å². The van der Waals surface area contributed by atoms with Crippen LogP contribution in [0.1, 0.15) is 12.0 Å². The number of anilines is 1. The van der Waals surface area contributed by atoms with Crippen molar-refractivity contribution < 1.29 is 9.53 Å². The molecule has 26 heavy (non-hydrogen) atoms. The van der Waals surface area contributed by atoms with E-state index >= 15 is 0 Å². The van der Waals surface area contributed by atoms with Crippen LogP contribution in [0.15, 0.2) is 67.3 Å². The lowest BCUT2D eigenvalue weighted by Gasteiger charge is -2.10. The Kier molecular flexibility index (Phi) is 5.88. The minimum Gasteiger partial charge on any atom is -0.457 e. The number of urea groups is 1. The second-order valence-electron chi connectivity index (χ2n) is 5.98. The van der Waals surface area contributed by atoms with Gasteiger partial charge in [0.05, 0.1) is 6.33 Å². The number of ether oxygens (including phenoxy) is 1. The topological polar surface area (TPSA) is 68.2 Å². The molecule has 3 aromatic rings. The van der Waals surface area contributed by atoms with Crippen LogP contribution in [0.3, 0.4) is 0 Å². The summed E-state index contributed by atoms with van der Waals surface area (Å²) < 4.78 is 7.78. The van der Waals surface area contributed by atoms with Crippen molar-refractivity contribution >= 4 is 11.7 Å². The van der Waals surface area contributed by atoms with E-state index in [1.54, 1.807) is 12.5 Å². The van der Waals surface area contributed by atoms with E-state index in [1.165, 1.54) is 0 Å². The van der Waals surface area contributed by atoms with E-state index in [0.29, 0.717) is 12.2 Å². The number of rotatable bonds is 7. The number of nitrogens with one attached hydrogen (secondary N) is 2. The average Bonchev–Trinajstić information content (AvgIpc) is 3.14. The minimum absolute atomic E-state index is 0.219. The van der Waals surface area contributed by atoms with Crippen molar-refractivity contribution in [3.05, 3.63) is 72.8 Å². The second-order valence-corrected chi connectivity index (χ2v) is 5.98. The Labute approximate surface area is 152 Å². The lowest BCUT2D eigenvalue weighted by molar-refractivity contribution is 0.252. The van der Waals surface area contributed by atoms with E-state index in [9.17, 15) is 4.79 Å². The molecule has 0 bridgehead atoms. The van der Waals surface area contributed by atoms with Crippen molar-refractivity contribution in [3.63, 3.8) is 0 Å². The fourth-order valence-electron chi connectivity index (χ4n) is 2.48. The fraction of sp³-hybridized carbons (Fsp3) is 0.200. The molecule has 0 atom stereocenters. The normalized spacial score (nSPS) is 10.3. The van der Waals surface area contributed by atoms with Crippen LogP contribution >= 0.6 is 0 Å². The lowest BCUT2D eigenvalue weighted by atomic mass is 10.2. The summed E-state index contributed by atoms with van der Waals surface area (Å²) in [5.41, 5.74) is 1.86. The van der Waals surface area contributed by atoms with Gasteiger partial charge < -0.3 is 19.9 Å². The van der Waals surface area contributed by atoms with Crippen LogP contribution in [-0.2, 0) is 6.54 Å². The third-order valence-electron chi connectivity index (χ3n) is 3.78. The number of benzene rings is 2. The Bertz CT molecular complexity index is 829. The largest absolute Gasteiger partial charge is 0.457 e. The summed E-state index contributed by atoms with van der Waals surface area (Å²) in [4.78, 5) is 15.9. The molecule has 6 nitrogen and oxygen atoms in total. The van der Waals surface area contributed by atoms with Gasteiger partial charge in [-0.1, -0.05) is 12.1 Å². The Morgan fingerprint density at radius 3 is 2.73 bits per heavy atom. The predicted molar refractivity (Wildman–Crippen MR) is 102 cm³/mol. The van der Waals surface area contributed by atoms with Gasteiger partial charge in [0.25, 0.3) is 0 Å². The highest BCUT2D eigenvalue weighted by molar-refractivity contribution is 5.89. The molecule has 6 heteroatoms. The van der Waals surface area contributed by atoms with Crippen LogP contribution in [0, 0.1) is 6.92 Å². The van der Waals surface area contributed by atoms with E-state index < -0.39 is 0 Å². The van der Waals surface area contributed by atoms with Gasteiger partial charge in [-0.05, 0) is 55.3 Å². The summed E-state index contributed by atoms with van der Waals surface area (Å²) in [5, 5.41) is 5.65. The quantitative estimate of drug-likeness (QED) is 0.628. The molecule has 0 radical (unpaired) electrons. The third kappa shape index (κ3) is 5.37. The molecular formula is C20H22N4O2. The Hall–Kier alpha value is -3.28. The Morgan fingerprint density at radius 2 is 2.00 bits per heavy atom. The maximum Gasteiger partial charge on any atom is 0.319 e. The van der Waals surface area contributed by atoms with Gasteiger partial charge >= 0.3 is 6.03 Å². The van der Waals surface area contributed by atoms with E-state index in [2.05, 4.69) is 15.6 Å². The van der Waals surface area contributed by atoms with Crippen molar-refractivity contribution in [1.82, 2.24) is 14.9 Å². The van der Waals surface area contributed by atoms with E-state index in [4.69, 9.17) is 4.74 Å². The van der Waals surface area contributed by atoms with Gasteiger partial charge in [-0.15, -0.1) is 0 Å². The molecule has 2 aromatic carbocycles. The minimum atomic E-state index is -0.219. The first kappa shape index (κ1) is 17.5. The number of amides is 2. The van der Waals surface area contributed by atoms with Crippen LogP contribution in [0.25, 0.3) is 0 Å². The summed E-state index contributed by atoms with van der Waals surface area (Å²) in [6.45, 7) is 3.44. The first-order valence-electron chi connectivity index (χ1n) is 8.54. The molecule has 1 aromatic heterocycles. The highest BCUT2D eigenvalue weighted by Crippen LogP contribution is 2.23. The van der Waals surface area contributed by atoms with Crippen LogP contribution in [0.2, 0.25) is 0 Å². The number of hydrogen-bond acceptors (Lipinski definition) is 3. The van der Waals surface area contributed by atoms with E-state index in [1.807, 2.05) is 66.2 Å². The molecule has 3 rings (SSSR count). The summed E-state index contributed by atoms with van der Waals surface area (Å²) in [7, 11) is 0. The molecule has 0 fully saturated rings. The second kappa shape index (κ2) is 8.71. The average molecular weight is 350 g/mol. The summed E-state index contributed by atoms with van der Waals surface area (Å²) in [6.07, 6.45) is 6.25. The van der Waals surface area contributed by atoms with Gasteiger partial charge in [0.1, 0.15) is 11.5 Å². The molecule has 0 spiro atoms. The highest BCUT2D eigenvalue weighted by Gasteiger charge is 2.02. The van der Waals surface area contributed by atoms with Gasteiger partial charge in [-0.3, -0.25) is 0 Å². The summed E-state index contributed by atoms with van der Waals surface area (Å²) in [6, 6.07) is 14.9. The molecule has 0 saturated carbocycles. The zero-order chi connectivity index (χ0) is 18.2. The lowest BCUT2D eigenvalue weighted by Crippen LogP contribution is -2.29. The zero-order valence-corrected chi connectivity index (χ0v) is 14.7. The van der Waals surface area contributed by atoms with Crippen molar-refractivity contribution in [2.75, 3.05) is 11.9 Å². The smallest absolute Gasteiger partial charge is 0.319 e. The van der Waals surface area contributed by atoms with Crippen LogP contribution < -0.4 is 15.4 Å². The number of hydrogen-bond donors (Lipinski definition) is 2. The number of carbonyl (C=O) groups is 1. The van der Waals surface area contributed by atoms with Crippen molar-refractivity contribution in [3.8, 4) is 11.5 Å². The number of aryl methyl sites for hydroxylation is 2. The third-order valence-corrected chi connectivity index (χ3v) is 3.78. The first-order valence-corrected chi connectivity index (χ1v) is 8.54. The van der Waals surface area contributed by atoms with Gasteiger partial charge in [-0.25, -0.2) is 9.78 Å². The van der Waals surface area contributed by atoms with Gasteiger partial charge in [0.15, 0.2) is 0 Å². The molecule has 0 aliphatic carbocycles. The molecule has 1 heterocycles. The van der Waals surface area contributed by atoms with E-state index in [0.717, 1.165) is 30.0 Å².